The second kappa shape index (κ2) is 5.46. The maximum absolute atomic E-state index is 12.4. The standard InChI is InChI=1S/C14H17N3O2S2/c1-7-8(2)21-12-11(7)13(19)17(3)14(16-12)20-6-10(18)15-9-4-5-9/h9H,4-6H2,1-3H3,(H,15,18). The number of fused-ring (bicyclic) bond motifs is 1. The Morgan fingerprint density at radius 3 is 2.86 bits per heavy atom. The molecule has 0 bridgehead atoms. The molecule has 0 saturated heterocycles. The summed E-state index contributed by atoms with van der Waals surface area (Å²) in [6.07, 6.45) is 2.15. The van der Waals surface area contributed by atoms with Crippen molar-refractivity contribution in [3.8, 4) is 0 Å². The molecule has 5 nitrogen and oxygen atoms in total. The maximum Gasteiger partial charge on any atom is 0.262 e. The van der Waals surface area contributed by atoms with E-state index in [9.17, 15) is 9.59 Å². The number of thioether (sulfide) groups is 1. The summed E-state index contributed by atoms with van der Waals surface area (Å²) in [6, 6.07) is 0.361. The molecule has 1 aliphatic carbocycles. The third-order valence-electron chi connectivity index (χ3n) is 3.64. The first-order valence-electron chi connectivity index (χ1n) is 6.86. The monoisotopic (exact) mass is 323 g/mol. The van der Waals surface area contributed by atoms with E-state index in [1.54, 1.807) is 7.05 Å². The van der Waals surface area contributed by atoms with Crippen molar-refractivity contribution in [1.82, 2.24) is 14.9 Å². The largest absolute Gasteiger partial charge is 0.353 e. The summed E-state index contributed by atoms with van der Waals surface area (Å²) in [7, 11) is 1.71. The Morgan fingerprint density at radius 2 is 2.19 bits per heavy atom. The first kappa shape index (κ1) is 14.6. The molecular weight excluding hydrogens is 306 g/mol. The fraction of sp³-hybridized carbons (Fsp3) is 0.500. The van der Waals surface area contributed by atoms with Crippen LogP contribution in [-0.4, -0.2) is 27.3 Å². The molecule has 2 aromatic heterocycles. The first-order chi connectivity index (χ1) is 9.97. The van der Waals surface area contributed by atoms with Crippen molar-refractivity contribution in [3.05, 3.63) is 20.8 Å². The van der Waals surface area contributed by atoms with E-state index in [4.69, 9.17) is 0 Å². The normalized spacial score (nSPS) is 14.6. The number of rotatable bonds is 4. The van der Waals surface area contributed by atoms with E-state index in [2.05, 4.69) is 10.3 Å². The van der Waals surface area contributed by atoms with Gasteiger partial charge in [-0.3, -0.25) is 14.2 Å². The summed E-state index contributed by atoms with van der Waals surface area (Å²) in [6.45, 7) is 3.95. The van der Waals surface area contributed by atoms with Crippen molar-refractivity contribution in [2.24, 2.45) is 7.05 Å². The van der Waals surface area contributed by atoms with Crippen LogP contribution in [0.5, 0.6) is 0 Å². The van der Waals surface area contributed by atoms with Crippen molar-refractivity contribution in [1.29, 1.82) is 0 Å². The highest BCUT2D eigenvalue weighted by Gasteiger charge is 2.23. The number of carbonyl (C=O) groups is 1. The van der Waals surface area contributed by atoms with E-state index in [0.717, 1.165) is 28.1 Å². The topological polar surface area (TPSA) is 64.0 Å². The molecule has 3 rings (SSSR count). The summed E-state index contributed by atoms with van der Waals surface area (Å²) in [5.41, 5.74) is 0.970. The molecule has 1 fully saturated rings. The van der Waals surface area contributed by atoms with Gasteiger partial charge in [0.25, 0.3) is 5.56 Å². The summed E-state index contributed by atoms with van der Waals surface area (Å²) in [4.78, 5) is 30.6. The van der Waals surface area contributed by atoms with Crippen LogP contribution in [0.15, 0.2) is 9.95 Å². The van der Waals surface area contributed by atoms with Gasteiger partial charge >= 0.3 is 0 Å². The molecule has 21 heavy (non-hydrogen) atoms. The number of aryl methyl sites for hydroxylation is 2. The van der Waals surface area contributed by atoms with Crippen molar-refractivity contribution in [2.75, 3.05) is 5.75 Å². The SMILES string of the molecule is Cc1sc2nc(SCC(=O)NC3CC3)n(C)c(=O)c2c1C. The summed E-state index contributed by atoms with van der Waals surface area (Å²) in [5, 5.41) is 4.23. The summed E-state index contributed by atoms with van der Waals surface area (Å²) < 4.78 is 1.54. The Morgan fingerprint density at radius 1 is 1.48 bits per heavy atom. The molecule has 1 N–H and O–H groups in total. The van der Waals surface area contributed by atoms with Gasteiger partial charge in [-0.15, -0.1) is 11.3 Å². The molecule has 2 heterocycles. The van der Waals surface area contributed by atoms with Crippen LogP contribution >= 0.6 is 23.1 Å². The second-order valence-electron chi connectivity index (χ2n) is 5.35. The van der Waals surface area contributed by atoms with Gasteiger partial charge < -0.3 is 5.32 Å². The predicted molar refractivity (Wildman–Crippen MR) is 86.2 cm³/mol. The third-order valence-corrected chi connectivity index (χ3v) is 5.78. The fourth-order valence-corrected chi connectivity index (χ4v) is 3.97. The molecule has 2 aromatic rings. The second-order valence-corrected chi connectivity index (χ2v) is 7.50. The van der Waals surface area contributed by atoms with Gasteiger partial charge in [-0.25, -0.2) is 4.98 Å². The van der Waals surface area contributed by atoms with Crippen LogP contribution < -0.4 is 10.9 Å². The lowest BCUT2D eigenvalue weighted by Gasteiger charge is -2.07. The Hall–Kier alpha value is -1.34. The summed E-state index contributed by atoms with van der Waals surface area (Å²) >= 11 is 2.85. The van der Waals surface area contributed by atoms with Gasteiger partial charge in [0.2, 0.25) is 5.91 Å². The van der Waals surface area contributed by atoms with Gasteiger partial charge in [-0.2, -0.15) is 0 Å². The van der Waals surface area contributed by atoms with Gasteiger partial charge in [0.1, 0.15) is 4.83 Å². The van der Waals surface area contributed by atoms with Gasteiger partial charge in [0, 0.05) is 18.0 Å². The molecule has 0 aliphatic heterocycles. The Bertz CT molecular complexity index is 775. The average molecular weight is 323 g/mol. The molecule has 0 atom stereocenters. The lowest BCUT2D eigenvalue weighted by atomic mass is 10.2. The number of nitrogens with one attached hydrogen (secondary N) is 1. The molecule has 1 aliphatic rings. The van der Waals surface area contributed by atoms with Gasteiger partial charge in [0.05, 0.1) is 11.1 Å². The maximum atomic E-state index is 12.4. The van der Waals surface area contributed by atoms with E-state index in [1.165, 1.54) is 27.7 Å². The van der Waals surface area contributed by atoms with Crippen LogP contribution in [0.2, 0.25) is 0 Å². The molecule has 0 unspecified atom stereocenters. The number of carbonyl (C=O) groups excluding carboxylic acids is 1. The van der Waals surface area contributed by atoms with E-state index < -0.39 is 0 Å². The van der Waals surface area contributed by atoms with Crippen molar-refractivity contribution < 1.29 is 4.79 Å². The molecule has 0 radical (unpaired) electrons. The zero-order chi connectivity index (χ0) is 15.1. The Balaban J connectivity index is 1.86. The molecule has 1 saturated carbocycles. The van der Waals surface area contributed by atoms with Crippen LogP contribution in [0.25, 0.3) is 10.2 Å². The zero-order valence-corrected chi connectivity index (χ0v) is 13.9. The lowest BCUT2D eigenvalue weighted by molar-refractivity contribution is -0.118. The highest BCUT2D eigenvalue weighted by Crippen LogP contribution is 2.28. The van der Waals surface area contributed by atoms with Gasteiger partial charge in [-0.05, 0) is 32.3 Å². The minimum absolute atomic E-state index is 0.00962. The Kier molecular flexibility index (Phi) is 3.79. The number of hydrogen-bond donors (Lipinski definition) is 1. The molecule has 0 aromatic carbocycles. The minimum Gasteiger partial charge on any atom is -0.353 e. The first-order valence-corrected chi connectivity index (χ1v) is 8.66. The zero-order valence-electron chi connectivity index (χ0n) is 12.2. The van der Waals surface area contributed by atoms with E-state index in [-0.39, 0.29) is 11.5 Å². The van der Waals surface area contributed by atoms with E-state index >= 15 is 0 Å². The Labute approximate surface area is 130 Å². The van der Waals surface area contributed by atoms with Gasteiger partial charge in [0.15, 0.2) is 5.16 Å². The van der Waals surface area contributed by atoms with Crippen LogP contribution in [-0.2, 0) is 11.8 Å². The molecule has 7 heteroatoms. The van der Waals surface area contributed by atoms with Crippen LogP contribution in [0.4, 0.5) is 0 Å². The highest BCUT2D eigenvalue weighted by molar-refractivity contribution is 7.99. The smallest absolute Gasteiger partial charge is 0.262 e. The highest BCUT2D eigenvalue weighted by atomic mass is 32.2. The lowest BCUT2D eigenvalue weighted by Crippen LogP contribution is -2.27. The van der Waals surface area contributed by atoms with Crippen molar-refractivity contribution in [2.45, 2.75) is 37.9 Å². The fourth-order valence-electron chi connectivity index (χ4n) is 2.11. The molecule has 112 valence electrons. The van der Waals surface area contributed by atoms with Crippen LogP contribution in [0, 0.1) is 13.8 Å². The minimum atomic E-state index is -0.0352. The van der Waals surface area contributed by atoms with E-state index in [1.807, 2.05) is 13.8 Å². The molecule has 0 spiro atoms. The van der Waals surface area contributed by atoms with Gasteiger partial charge in [-0.1, -0.05) is 11.8 Å². The number of nitrogens with zero attached hydrogens (tertiary/aromatic N) is 2. The van der Waals surface area contributed by atoms with Crippen molar-refractivity contribution in [3.63, 3.8) is 0 Å². The summed E-state index contributed by atoms with van der Waals surface area (Å²) in [5.74, 6) is 0.307. The van der Waals surface area contributed by atoms with Crippen LogP contribution in [0.3, 0.4) is 0 Å². The van der Waals surface area contributed by atoms with E-state index in [0.29, 0.717) is 22.3 Å². The van der Waals surface area contributed by atoms with Crippen LogP contribution in [0.1, 0.15) is 23.3 Å². The number of hydrogen-bond acceptors (Lipinski definition) is 5. The predicted octanol–water partition coefficient (Wildman–Crippen LogP) is 1.98. The number of thiophene rings is 1. The number of aromatic nitrogens is 2. The quantitative estimate of drug-likeness (QED) is 0.690. The molecular formula is C14H17N3O2S2. The third kappa shape index (κ3) is 2.85. The average Bonchev–Trinajstić information content (AvgIpc) is 3.19. The van der Waals surface area contributed by atoms with Crippen molar-refractivity contribution >= 4 is 39.2 Å². The number of amides is 1. The molecule has 1 amide bonds.